The van der Waals surface area contributed by atoms with Crippen molar-refractivity contribution in [2.24, 2.45) is 0 Å². The molecule has 0 bridgehead atoms. The van der Waals surface area contributed by atoms with Gasteiger partial charge in [0.15, 0.2) is 11.5 Å². The zero-order valence-corrected chi connectivity index (χ0v) is 15.4. The SMILES string of the molecule is CN(C)CCC(Oc1cccc2c1OCO2)c1cccc(I)c1. The van der Waals surface area contributed by atoms with Gasteiger partial charge >= 0.3 is 0 Å². The highest BCUT2D eigenvalue weighted by Crippen LogP contribution is 2.42. The molecule has 23 heavy (non-hydrogen) atoms. The first kappa shape index (κ1) is 16.4. The Morgan fingerprint density at radius 3 is 2.78 bits per heavy atom. The Labute approximate surface area is 150 Å². The minimum Gasteiger partial charge on any atom is -0.482 e. The Morgan fingerprint density at radius 1 is 1.17 bits per heavy atom. The average Bonchev–Trinajstić information content (AvgIpc) is 3.00. The summed E-state index contributed by atoms with van der Waals surface area (Å²) in [5.41, 5.74) is 1.18. The topological polar surface area (TPSA) is 30.9 Å². The van der Waals surface area contributed by atoms with Crippen LogP contribution in [-0.2, 0) is 0 Å². The first-order chi connectivity index (χ1) is 11.1. The van der Waals surface area contributed by atoms with E-state index < -0.39 is 0 Å². The first-order valence-electron chi connectivity index (χ1n) is 7.59. The van der Waals surface area contributed by atoms with Crippen molar-refractivity contribution in [2.45, 2.75) is 12.5 Å². The van der Waals surface area contributed by atoms with Gasteiger partial charge in [-0.1, -0.05) is 18.2 Å². The molecule has 3 rings (SSSR count). The van der Waals surface area contributed by atoms with Crippen LogP contribution in [0.1, 0.15) is 18.1 Å². The molecule has 1 atom stereocenters. The Kier molecular flexibility index (Phi) is 5.27. The molecule has 5 heteroatoms. The molecule has 1 aliphatic rings. The van der Waals surface area contributed by atoms with Crippen molar-refractivity contribution >= 4 is 22.6 Å². The summed E-state index contributed by atoms with van der Waals surface area (Å²) in [6, 6.07) is 14.2. The third-order valence-corrected chi connectivity index (χ3v) is 4.36. The standard InChI is InChI=1S/C18H20INO3/c1-20(2)10-9-15(13-5-3-6-14(19)11-13)23-17-8-4-7-16-18(17)22-12-21-16/h3-8,11,15H,9-10,12H2,1-2H3. The molecule has 0 aromatic heterocycles. The molecular weight excluding hydrogens is 405 g/mol. The Morgan fingerprint density at radius 2 is 2.00 bits per heavy atom. The number of nitrogens with zero attached hydrogens (tertiary/aromatic N) is 1. The summed E-state index contributed by atoms with van der Waals surface area (Å²) in [5.74, 6) is 2.19. The normalized spacial score (nSPS) is 14.1. The minimum absolute atomic E-state index is 0.0252. The molecule has 122 valence electrons. The van der Waals surface area contributed by atoms with E-state index in [2.05, 4.69) is 65.9 Å². The lowest BCUT2D eigenvalue weighted by Crippen LogP contribution is -2.19. The lowest BCUT2D eigenvalue weighted by atomic mass is 10.1. The van der Waals surface area contributed by atoms with Crippen molar-refractivity contribution in [3.05, 3.63) is 51.6 Å². The number of rotatable bonds is 6. The van der Waals surface area contributed by atoms with E-state index >= 15 is 0 Å². The van der Waals surface area contributed by atoms with E-state index in [1.807, 2.05) is 18.2 Å². The molecule has 0 saturated heterocycles. The van der Waals surface area contributed by atoms with Crippen LogP contribution in [0.5, 0.6) is 17.2 Å². The van der Waals surface area contributed by atoms with Gasteiger partial charge in [0.1, 0.15) is 6.10 Å². The molecule has 0 saturated carbocycles. The fourth-order valence-corrected chi connectivity index (χ4v) is 3.09. The maximum atomic E-state index is 6.31. The number of fused-ring (bicyclic) bond motifs is 1. The molecule has 0 radical (unpaired) electrons. The van der Waals surface area contributed by atoms with Crippen molar-refractivity contribution in [1.82, 2.24) is 4.90 Å². The summed E-state index contributed by atoms with van der Waals surface area (Å²) in [6.45, 7) is 1.20. The van der Waals surface area contributed by atoms with E-state index in [1.54, 1.807) is 0 Å². The molecule has 0 fully saturated rings. The molecule has 0 N–H and O–H groups in total. The van der Waals surface area contributed by atoms with Crippen LogP contribution in [0.25, 0.3) is 0 Å². The number of ether oxygens (including phenoxy) is 3. The molecule has 1 heterocycles. The summed E-state index contributed by atoms with van der Waals surface area (Å²) in [7, 11) is 4.14. The van der Waals surface area contributed by atoms with Gasteiger partial charge in [-0.15, -0.1) is 0 Å². The summed E-state index contributed by atoms with van der Waals surface area (Å²) in [5, 5.41) is 0. The highest BCUT2D eigenvalue weighted by molar-refractivity contribution is 14.1. The number of hydrogen-bond donors (Lipinski definition) is 0. The van der Waals surface area contributed by atoms with E-state index in [4.69, 9.17) is 14.2 Å². The maximum absolute atomic E-state index is 6.31. The molecule has 0 spiro atoms. The van der Waals surface area contributed by atoms with Gasteiger partial charge in [-0.2, -0.15) is 0 Å². The van der Waals surface area contributed by atoms with Crippen molar-refractivity contribution in [1.29, 1.82) is 0 Å². The maximum Gasteiger partial charge on any atom is 0.231 e. The van der Waals surface area contributed by atoms with Gasteiger partial charge in [-0.3, -0.25) is 0 Å². The molecular formula is C18H20INO3. The van der Waals surface area contributed by atoms with Crippen molar-refractivity contribution in [2.75, 3.05) is 27.4 Å². The fourth-order valence-electron chi connectivity index (χ4n) is 2.53. The quantitative estimate of drug-likeness (QED) is 0.653. The fraction of sp³-hybridized carbons (Fsp3) is 0.333. The second-order valence-electron chi connectivity index (χ2n) is 5.74. The zero-order chi connectivity index (χ0) is 16.2. The Bertz CT molecular complexity index is 675. The third kappa shape index (κ3) is 4.09. The number of para-hydroxylation sites is 1. The van der Waals surface area contributed by atoms with E-state index in [9.17, 15) is 0 Å². The summed E-state index contributed by atoms with van der Waals surface area (Å²) in [4.78, 5) is 2.17. The molecule has 2 aromatic carbocycles. The van der Waals surface area contributed by atoms with Crippen LogP contribution in [0, 0.1) is 3.57 Å². The van der Waals surface area contributed by atoms with Crippen molar-refractivity contribution in [3.8, 4) is 17.2 Å². The number of halogens is 1. The van der Waals surface area contributed by atoms with Crippen LogP contribution in [0.4, 0.5) is 0 Å². The van der Waals surface area contributed by atoms with Gasteiger partial charge in [-0.05, 0) is 66.5 Å². The zero-order valence-electron chi connectivity index (χ0n) is 13.3. The molecule has 1 aliphatic heterocycles. The second-order valence-corrected chi connectivity index (χ2v) is 6.99. The van der Waals surface area contributed by atoms with Crippen LogP contribution < -0.4 is 14.2 Å². The summed E-state index contributed by atoms with van der Waals surface area (Å²) in [6.07, 6.45) is 0.875. The van der Waals surface area contributed by atoms with Crippen molar-refractivity contribution < 1.29 is 14.2 Å². The van der Waals surface area contributed by atoms with Gasteiger partial charge < -0.3 is 19.1 Å². The second kappa shape index (κ2) is 7.40. The molecule has 2 aromatic rings. The number of benzene rings is 2. The van der Waals surface area contributed by atoms with E-state index in [1.165, 1.54) is 9.13 Å². The lowest BCUT2D eigenvalue weighted by Gasteiger charge is -2.22. The lowest BCUT2D eigenvalue weighted by molar-refractivity contribution is 0.153. The van der Waals surface area contributed by atoms with Crippen LogP contribution in [-0.4, -0.2) is 32.3 Å². The summed E-state index contributed by atoms with van der Waals surface area (Å²) < 4.78 is 18.5. The first-order valence-corrected chi connectivity index (χ1v) is 8.67. The van der Waals surface area contributed by atoms with Crippen LogP contribution in [0.15, 0.2) is 42.5 Å². The van der Waals surface area contributed by atoms with Gasteiger partial charge in [0.25, 0.3) is 0 Å². The van der Waals surface area contributed by atoms with E-state index in [-0.39, 0.29) is 12.9 Å². The minimum atomic E-state index is -0.0252. The largest absolute Gasteiger partial charge is 0.482 e. The predicted molar refractivity (Wildman–Crippen MR) is 98.3 cm³/mol. The third-order valence-electron chi connectivity index (χ3n) is 3.69. The molecule has 4 nitrogen and oxygen atoms in total. The highest BCUT2D eigenvalue weighted by Gasteiger charge is 2.22. The monoisotopic (exact) mass is 425 g/mol. The van der Waals surface area contributed by atoms with Crippen LogP contribution in [0.3, 0.4) is 0 Å². The van der Waals surface area contributed by atoms with Gasteiger partial charge in [0.2, 0.25) is 12.5 Å². The van der Waals surface area contributed by atoms with Crippen LogP contribution in [0.2, 0.25) is 0 Å². The van der Waals surface area contributed by atoms with Gasteiger partial charge in [-0.25, -0.2) is 0 Å². The van der Waals surface area contributed by atoms with Gasteiger partial charge in [0.05, 0.1) is 0 Å². The van der Waals surface area contributed by atoms with E-state index in [0.717, 1.165) is 24.5 Å². The molecule has 0 aliphatic carbocycles. The van der Waals surface area contributed by atoms with Crippen molar-refractivity contribution in [3.63, 3.8) is 0 Å². The Hall–Kier alpha value is -1.47. The van der Waals surface area contributed by atoms with E-state index in [0.29, 0.717) is 5.75 Å². The van der Waals surface area contributed by atoms with Gasteiger partial charge in [0, 0.05) is 16.5 Å². The molecule has 1 unspecified atom stereocenters. The Balaban J connectivity index is 1.85. The highest BCUT2D eigenvalue weighted by atomic mass is 127. The predicted octanol–water partition coefficient (Wildman–Crippen LogP) is 4.09. The summed E-state index contributed by atoms with van der Waals surface area (Å²) >= 11 is 2.33. The average molecular weight is 425 g/mol. The van der Waals surface area contributed by atoms with Crippen LogP contribution >= 0.6 is 22.6 Å². The smallest absolute Gasteiger partial charge is 0.231 e. The number of hydrogen-bond acceptors (Lipinski definition) is 4. The molecule has 0 amide bonds.